The SMILES string of the molecule is C[C@H]1Cc2ccccc2N1S(=O)(=O)c1cccc(C(=O)Nc2ccc(S(=O)(=O)N3CCCCC3)cc2)c1. The van der Waals surface area contributed by atoms with E-state index in [0.29, 0.717) is 30.9 Å². The second-order valence-electron chi connectivity index (χ2n) is 9.45. The van der Waals surface area contributed by atoms with Crippen LogP contribution in [-0.2, 0) is 26.5 Å². The van der Waals surface area contributed by atoms with Gasteiger partial charge in [-0.05, 0) is 80.3 Å². The highest BCUT2D eigenvalue weighted by Crippen LogP contribution is 2.36. The summed E-state index contributed by atoms with van der Waals surface area (Å²) in [6.45, 7) is 2.90. The molecule has 0 aliphatic carbocycles. The number of nitrogens with zero attached hydrogens (tertiary/aromatic N) is 2. The third-order valence-corrected chi connectivity index (χ3v) is 10.7. The van der Waals surface area contributed by atoms with Crippen molar-refractivity contribution in [1.29, 1.82) is 0 Å². The van der Waals surface area contributed by atoms with E-state index in [0.717, 1.165) is 24.8 Å². The maximum atomic E-state index is 13.5. The Labute approximate surface area is 218 Å². The van der Waals surface area contributed by atoms with Crippen molar-refractivity contribution in [3.63, 3.8) is 0 Å². The number of fused-ring (bicyclic) bond motifs is 1. The molecular formula is C27H29N3O5S2. The lowest BCUT2D eigenvalue weighted by Crippen LogP contribution is -2.35. The number of nitrogens with one attached hydrogen (secondary N) is 1. The van der Waals surface area contributed by atoms with Gasteiger partial charge in [-0.1, -0.05) is 30.7 Å². The van der Waals surface area contributed by atoms with Crippen molar-refractivity contribution < 1.29 is 21.6 Å². The topological polar surface area (TPSA) is 104 Å². The molecule has 1 N–H and O–H groups in total. The van der Waals surface area contributed by atoms with Crippen LogP contribution in [0.15, 0.2) is 82.6 Å². The van der Waals surface area contributed by atoms with E-state index in [4.69, 9.17) is 0 Å². The van der Waals surface area contributed by atoms with Crippen molar-refractivity contribution in [2.45, 2.75) is 48.4 Å². The third kappa shape index (κ3) is 4.88. The lowest BCUT2D eigenvalue weighted by Gasteiger charge is -2.25. The quantitative estimate of drug-likeness (QED) is 0.504. The molecule has 0 unspecified atom stereocenters. The summed E-state index contributed by atoms with van der Waals surface area (Å²) in [6.07, 6.45) is 3.36. The maximum absolute atomic E-state index is 13.5. The molecule has 3 aromatic rings. The molecule has 194 valence electrons. The summed E-state index contributed by atoms with van der Waals surface area (Å²) >= 11 is 0. The Hall–Kier alpha value is -3.21. The highest BCUT2D eigenvalue weighted by Gasteiger charge is 2.36. The van der Waals surface area contributed by atoms with Crippen LogP contribution < -0.4 is 9.62 Å². The van der Waals surface area contributed by atoms with E-state index >= 15 is 0 Å². The van der Waals surface area contributed by atoms with Gasteiger partial charge in [0.05, 0.1) is 15.5 Å². The summed E-state index contributed by atoms with van der Waals surface area (Å²) in [5.41, 5.74) is 2.23. The van der Waals surface area contributed by atoms with Crippen LogP contribution in [-0.4, -0.2) is 46.2 Å². The van der Waals surface area contributed by atoms with E-state index in [1.165, 1.54) is 45.0 Å². The van der Waals surface area contributed by atoms with Gasteiger partial charge in [-0.3, -0.25) is 9.10 Å². The van der Waals surface area contributed by atoms with E-state index in [9.17, 15) is 21.6 Å². The lowest BCUT2D eigenvalue weighted by atomic mass is 10.1. The van der Waals surface area contributed by atoms with Crippen molar-refractivity contribution >= 4 is 37.3 Å². The van der Waals surface area contributed by atoms with Gasteiger partial charge in [0, 0.05) is 30.4 Å². The van der Waals surface area contributed by atoms with Crippen LogP contribution >= 0.6 is 0 Å². The minimum absolute atomic E-state index is 0.0340. The van der Waals surface area contributed by atoms with Crippen LogP contribution in [0, 0.1) is 0 Å². The zero-order valence-electron chi connectivity index (χ0n) is 20.5. The summed E-state index contributed by atoms with van der Waals surface area (Å²) in [4.78, 5) is 13.2. The average Bonchev–Trinajstić information content (AvgIpc) is 3.26. The fraction of sp³-hybridized carbons (Fsp3) is 0.296. The first kappa shape index (κ1) is 25.4. The predicted molar refractivity (Wildman–Crippen MR) is 143 cm³/mol. The molecule has 1 amide bonds. The zero-order valence-corrected chi connectivity index (χ0v) is 22.1. The molecule has 0 aromatic heterocycles. The number of amides is 1. The molecule has 1 fully saturated rings. The Balaban J connectivity index is 1.34. The van der Waals surface area contributed by atoms with E-state index in [2.05, 4.69) is 5.32 Å². The molecule has 0 radical (unpaired) electrons. The fourth-order valence-corrected chi connectivity index (χ4v) is 8.24. The van der Waals surface area contributed by atoms with Gasteiger partial charge in [0.2, 0.25) is 10.0 Å². The molecule has 3 aromatic carbocycles. The van der Waals surface area contributed by atoms with Crippen molar-refractivity contribution in [3.8, 4) is 0 Å². The van der Waals surface area contributed by atoms with Gasteiger partial charge >= 0.3 is 0 Å². The standard InChI is InChI=1S/C27H29N3O5S2/c1-20-18-21-8-3-4-11-26(21)30(20)37(34,35)25-10-7-9-22(19-25)27(31)28-23-12-14-24(15-13-23)36(32,33)29-16-5-2-6-17-29/h3-4,7-15,19-20H,2,5-6,16-18H2,1H3,(H,28,31)/t20-/m0/s1. The number of benzene rings is 3. The molecule has 5 rings (SSSR count). The number of sulfonamides is 2. The Morgan fingerprint density at radius 3 is 2.24 bits per heavy atom. The van der Waals surface area contributed by atoms with Gasteiger partial charge in [0.15, 0.2) is 0 Å². The molecule has 2 aliphatic rings. The van der Waals surface area contributed by atoms with Gasteiger partial charge in [0.1, 0.15) is 0 Å². The highest BCUT2D eigenvalue weighted by atomic mass is 32.2. The van der Waals surface area contributed by atoms with E-state index in [1.807, 2.05) is 25.1 Å². The number of hydrogen-bond acceptors (Lipinski definition) is 5. The monoisotopic (exact) mass is 539 g/mol. The van der Waals surface area contributed by atoms with Crippen molar-refractivity contribution in [2.24, 2.45) is 0 Å². The van der Waals surface area contributed by atoms with Crippen LogP contribution in [0.3, 0.4) is 0 Å². The largest absolute Gasteiger partial charge is 0.322 e. The van der Waals surface area contributed by atoms with E-state index in [1.54, 1.807) is 18.2 Å². The number of anilines is 2. The zero-order chi connectivity index (χ0) is 26.2. The number of carbonyl (C=O) groups excluding carboxylic acids is 1. The number of hydrogen-bond donors (Lipinski definition) is 1. The summed E-state index contributed by atoms with van der Waals surface area (Å²) in [7, 11) is -7.45. The first-order chi connectivity index (χ1) is 17.7. The van der Waals surface area contributed by atoms with Crippen LogP contribution in [0.5, 0.6) is 0 Å². The normalized spacial score (nSPS) is 18.4. The van der Waals surface area contributed by atoms with Crippen molar-refractivity contribution in [2.75, 3.05) is 22.7 Å². The molecule has 0 saturated carbocycles. The fourth-order valence-electron chi connectivity index (χ4n) is 4.98. The van der Waals surface area contributed by atoms with E-state index in [-0.39, 0.29) is 21.4 Å². The van der Waals surface area contributed by atoms with Gasteiger partial charge in [-0.25, -0.2) is 16.8 Å². The number of carbonyl (C=O) groups is 1. The number of piperidine rings is 1. The molecule has 10 heteroatoms. The molecule has 0 spiro atoms. The molecule has 8 nitrogen and oxygen atoms in total. The number of rotatable bonds is 6. The highest BCUT2D eigenvalue weighted by molar-refractivity contribution is 7.93. The molecular weight excluding hydrogens is 510 g/mol. The Morgan fingerprint density at radius 2 is 1.51 bits per heavy atom. The average molecular weight is 540 g/mol. The van der Waals surface area contributed by atoms with Crippen LogP contribution in [0.25, 0.3) is 0 Å². The minimum atomic E-state index is -3.88. The molecule has 1 atom stereocenters. The van der Waals surface area contributed by atoms with Gasteiger partial charge in [-0.2, -0.15) is 4.31 Å². The third-order valence-electron chi connectivity index (χ3n) is 6.86. The minimum Gasteiger partial charge on any atom is -0.322 e. The molecule has 1 saturated heterocycles. The second-order valence-corrected chi connectivity index (χ2v) is 13.2. The Morgan fingerprint density at radius 1 is 0.811 bits per heavy atom. The lowest BCUT2D eigenvalue weighted by molar-refractivity contribution is 0.102. The molecule has 37 heavy (non-hydrogen) atoms. The van der Waals surface area contributed by atoms with Gasteiger partial charge in [0.25, 0.3) is 15.9 Å². The first-order valence-electron chi connectivity index (χ1n) is 12.3. The second kappa shape index (κ2) is 9.92. The Bertz CT molecular complexity index is 1530. The molecule has 0 bridgehead atoms. The number of para-hydroxylation sites is 1. The summed E-state index contributed by atoms with van der Waals surface area (Å²) < 4.78 is 55.7. The summed E-state index contributed by atoms with van der Waals surface area (Å²) in [6, 6.07) is 19.2. The molecule has 2 heterocycles. The first-order valence-corrected chi connectivity index (χ1v) is 15.2. The summed E-state index contributed by atoms with van der Waals surface area (Å²) in [5.74, 6) is -0.487. The van der Waals surface area contributed by atoms with Crippen LogP contribution in [0.4, 0.5) is 11.4 Å². The smallest absolute Gasteiger partial charge is 0.264 e. The Kier molecular flexibility index (Phi) is 6.82. The van der Waals surface area contributed by atoms with Crippen LogP contribution in [0.1, 0.15) is 42.1 Å². The maximum Gasteiger partial charge on any atom is 0.264 e. The van der Waals surface area contributed by atoms with Crippen molar-refractivity contribution in [3.05, 3.63) is 83.9 Å². The summed E-state index contributed by atoms with van der Waals surface area (Å²) in [5, 5.41) is 2.73. The van der Waals surface area contributed by atoms with E-state index < -0.39 is 26.0 Å². The van der Waals surface area contributed by atoms with Gasteiger partial charge < -0.3 is 5.32 Å². The van der Waals surface area contributed by atoms with Gasteiger partial charge in [-0.15, -0.1) is 0 Å². The molecule has 2 aliphatic heterocycles. The predicted octanol–water partition coefficient (Wildman–Crippen LogP) is 4.25. The van der Waals surface area contributed by atoms with Crippen molar-refractivity contribution in [1.82, 2.24) is 4.31 Å². The van der Waals surface area contributed by atoms with Crippen LogP contribution in [0.2, 0.25) is 0 Å².